The molecular weight excluding hydrogens is 300 g/mol. The summed E-state index contributed by atoms with van der Waals surface area (Å²) in [5.41, 5.74) is 0. The standard InChI is InChI=1S/C12H20N2O4S2/c1-3-18-11(15)4-9-20(16,17)14-7-5-12(10-13,19-2)6-8-14/h3-9H2,1-2H3. The number of carbonyl (C=O) groups excluding carboxylic acids is 1. The molecule has 0 atom stereocenters. The monoisotopic (exact) mass is 320 g/mol. The molecule has 1 saturated heterocycles. The van der Waals surface area contributed by atoms with Crippen molar-refractivity contribution in [3.8, 4) is 6.07 Å². The summed E-state index contributed by atoms with van der Waals surface area (Å²) < 4.78 is 29.8. The second-order valence-corrected chi connectivity index (χ2v) is 7.86. The first-order valence-corrected chi connectivity index (χ1v) is 9.32. The van der Waals surface area contributed by atoms with Gasteiger partial charge in [-0.05, 0) is 26.0 Å². The van der Waals surface area contributed by atoms with E-state index in [1.165, 1.54) is 16.1 Å². The van der Waals surface area contributed by atoms with Crippen molar-refractivity contribution in [2.75, 3.05) is 31.7 Å². The summed E-state index contributed by atoms with van der Waals surface area (Å²) in [5.74, 6) is -0.728. The molecule has 0 aliphatic carbocycles. The Morgan fingerprint density at radius 2 is 2.05 bits per heavy atom. The minimum Gasteiger partial charge on any atom is -0.466 e. The van der Waals surface area contributed by atoms with Gasteiger partial charge < -0.3 is 4.74 Å². The first-order valence-electron chi connectivity index (χ1n) is 6.49. The summed E-state index contributed by atoms with van der Waals surface area (Å²) >= 11 is 1.47. The van der Waals surface area contributed by atoms with Crippen LogP contribution in [-0.4, -0.2) is 55.1 Å². The Bertz CT molecular complexity index is 476. The molecule has 114 valence electrons. The maximum absolute atomic E-state index is 12.1. The molecular formula is C12H20N2O4S2. The SMILES string of the molecule is CCOC(=O)CCS(=O)(=O)N1CCC(C#N)(SC)CC1. The smallest absolute Gasteiger partial charge is 0.306 e. The molecule has 8 heteroatoms. The molecule has 1 rings (SSSR count). The van der Waals surface area contributed by atoms with Crippen LogP contribution >= 0.6 is 11.8 Å². The van der Waals surface area contributed by atoms with E-state index < -0.39 is 20.7 Å². The Balaban J connectivity index is 2.55. The number of piperidine rings is 1. The van der Waals surface area contributed by atoms with Gasteiger partial charge >= 0.3 is 5.97 Å². The first-order chi connectivity index (χ1) is 9.39. The molecule has 1 fully saturated rings. The third-order valence-electron chi connectivity index (χ3n) is 3.39. The molecule has 0 amide bonds. The van der Waals surface area contributed by atoms with Crippen molar-refractivity contribution in [3.05, 3.63) is 0 Å². The second-order valence-electron chi connectivity index (χ2n) is 4.58. The molecule has 0 aromatic carbocycles. The highest BCUT2D eigenvalue weighted by Crippen LogP contribution is 2.34. The molecule has 0 spiro atoms. The van der Waals surface area contributed by atoms with Crippen LogP contribution in [0, 0.1) is 11.3 Å². The lowest BCUT2D eigenvalue weighted by molar-refractivity contribution is -0.142. The zero-order chi connectivity index (χ0) is 15.2. The average molecular weight is 320 g/mol. The summed E-state index contributed by atoms with van der Waals surface area (Å²) in [5, 5.41) is 9.17. The Labute approximate surface area is 124 Å². The minimum absolute atomic E-state index is 0.126. The van der Waals surface area contributed by atoms with Gasteiger partial charge in [-0.3, -0.25) is 4.79 Å². The number of nitriles is 1. The van der Waals surface area contributed by atoms with Gasteiger partial charge in [0, 0.05) is 13.1 Å². The third-order valence-corrected chi connectivity index (χ3v) is 6.54. The van der Waals surface area contributed by atoms with Crippen LogP contribution in [0.4, 0.5) is 0 Å². The van der Waals surface area contributed by atoms with E-state index in [1.807, 2.05) is 6.26 Å². The number of rotatable bonds is 6. The molecule has 0 bridgehead atoms. The van der Waals surface area contributed by atoms with E-state index in [2.05, 4.69) is 6.07 Å². The highest BCUT2D eigenvalue weighted by molar-refractivity contribution is 8.00. The van der Waals surface area contributed by atoms with Gasteiger partial charge in [-0.15, -0.1) is 11.8 Å². The molecule has 0 aromatic rings. The number of sulfonamides is 1. The van der Waals surface area contributed by atoms with Crippen molar-refractivity contribution in [2.45, 2.75) is 30.9 Å². The van der Waals surface area contributed by atoms with E-state index >= 15 is 0 Å². The molecule has 20 heavy (non-hydrogen) atoms. The number of nitrogens with zero attached hydrogens (tertiary/aromatic N) is 2. The number of hydrogen-bond acceptors (Lipinski definition) is 6. The lowest BCUT2D eigenvalue weighted by atomic mass is 9.99. The maximum atomic E-state index is 12.1. The van der Waals surface area contributed by atoms with Crippen molar-refractivity contribution in [3.63, 3.8) is 0 Å². The summed E-state index contributed by atoms with van der Waals surface area (Å²) in [6, 6.07) is 2.27. The van der Waals surface area contributed by atoms with Crippen LogP contribution in [0.1, 0.15) is 26.2 Å². The molecule has 0 radical (unpaired) electrons. The van der Waals surface area contributed by atoms with Crippen LogP contribution in [0.3, 0.4) is 0 Å². The molecule has 0 saturated carbocycles. The van der Waals surface area contributed by atoms with Gasteiger partial charge in [0.05, 0.1) is 24.8 Å². The number of thioether (sulfide) groups is 1. The molecule has 1 heterocycles. The van der Waals surface area contributed by atoms with Gasteiger partial charge in [0.15, 0.2) is 0 Å². The van der Waals surface area contributed by atoms with E-state index in [9.17, 15) is 13.2 Å². The van der Waals surface area contributed by atoms with Crippen LogP contribution in [0.2, 0.25) is 0 Å². The zero-order valence-electron chi connectivity index (χ0n) is 11.8. The van der Waals surface area contributed by atoms with E-state index in [-0.39, 0.29) is 18.8 Å². The molecule has 0 N–H and O–H groups in total. The molecule has 1 aliphatic heterocycles. The van der Waals surface area contributed by atoms with Crippen molar-refractivity contribution in [1.29, 1.82) is 5.26 Å². The van der Waals surface area contributed by atoms with Crippen LogP contribution in [0.15, 0.2) is 0 Å². The topological polar surface area (TPSA) is 87.5 Å². The van der Waals surface area contributed by atoms with Gasteiger partial charge in [0.1, 0.15) is 4.75 Å². The van der Waals surface area contributed by atoms with Crippen molar-refractivity contribution < 1.29 is 17.9 Å². The maximum Gasteiger partial charge on any atom is 0.306 e. The normalized spacial score (nSPS) is 19.2. The molecule has 0 aromatic heterocycles. The van der Waals surface area contributed by atoms with Crippen LogP contribution < -0.4 is 0 Å². The summed E-state index contributed by atoms with van der Waals surface area (Å²) in [4.78, 5) is 11.2. The van der Waals surface area contributed by atoms with Gasteiger partial charge in [0.25, 0.3) is 0 Å². The predicted molar refractivity (Wildman–Crippen MR) is 77.7 cm³/mol. The number of esters is 1. The second kappa shape index (κ2) is 7.29. The molecule has 6 nitrogen and oxygen atoms in total. The Hall–Kier alpha value is -0.780. The minimum atomic E-state index is -3.45. The largest absolute Gasteiger partial charge is 0.466 e. The molecule has 0 unspecified atom stereocenters. The zero-order valence-corrected chi connectivity index (χ0v) is 13.4. The van der Waals surface area contributed by atoms with Crippen molar-refractivity contribution in [1.82, 2.24) is 4.31 Å². The number of carbonyl (C=O) groups is 1. The Morgan fingerprint density at radius 1 is 1.45 bits per heavy atom. The van der Waals surface area contributed by atoms with E-state index in [1.54, 1.807) is 6.92 Å². The van der Waals surface area contributed by atoms with Gasteiger partial charge in [-0.2, -0.15) is 5.26 Å². The van der Waals surface area contributed by atoms with Crippen molar-refractivity contribution in [2.24, 2.45) is 0 Å². The fourth-order valence-electron chi connectivity index (χ4n) is 2.06. The fraction of sp³-hybridized carbons (Fsp3) is 0.833. The number of ether oxygens (including phenoxy) is 1. The van der Waals surface area contributed by atoms with Crippen LogP contribution in [0.25, 0.3) is 0 Å². The first kappa shape index (κ1) is 17.3. The Kier molecular flexibility index (Phi) is 6.30. The van der Waals surface area contributed by atoms with E-state index in [0.717, 1.165) is 0 Å². The Morgan fingerprint density at radius 3 is 2.50 bits per heavy atom. The fourth-order valence-corrected chi connectivity index (χ4v) is 4.17. The van der Waals surface area contributed by atoms with Gasteiger partial charge in [-0.25, -0.2) is 12.7 Å². The van der Waals surface area contributed by atoms with Gasteiger partial charge in [0.2, 0.25) is 10.0 Å². The van der Waals surface area contributed by atoms with Crippen molar-refractivity contribution >= 4 is 27.8 Å². The highest BCUT2D eigenvalue weighted by Gasteiger charge is 2.37. The predicted octanol–water partition coefficient (Wildman–Crippen LogP) is 0.991. The lowest BCUT2D eigenvalue weighted by Gasteiger charge is -2.35. The quantitative estimate of drug-likeness (QED) is 0.678. The van der Waals surface area contributed by atoms with E-state index in [4.69, 9.17) is 10.00 Å². The highest BCUT2D eigenvalue weighted by atomic mass is 32.2. The number of hydrogen-bond donors (Lipinski definition) is 0. The third kappa shape index (κ3) is 4.36. The summed E-state index contributed by atoms with van der Waals surface area (Å²) in [7, 11) is -3.45. The lowest BCUT2D eigenvalue weighted by Crippen LogP contribution is -2.45. The summed E-state index contributed by atoms with van der Waals surface area (Å²) in [6.07, 6.45) is 2.78. The van der Waals surface area contributed by atoms with Crippen LogP contribution in [-0.2, 0) is 19.6 Å². The summed E-state index contributed by atoms with van der Waals surface area (Å²) in [6.45, 7) is 2.60. The van der Waals surface area contributed by atoms with Gasteiger partial charge in [-0.1, -0.05) is 0 Å². The van der Waals surface area contributed by atoms with E-state index in [0.29, 0.717) is 25.9 Å². The molecule has 1 aliphatic rings. The average Bonchev–Trinajstić information content (AvgIpc) is 2.45. The van der Waals surface area contributed by atoms with Crippen LogP contribution in [0.5, 0.6) is 0 Å².